The van der Waals surface area contributed by atoms with Gasteiger partial charge in [-0.1, -0.05) is 36.4 Å². The molecule has 0 aromatic heterocycles. The maximum absolute atomic E-state index is 13.7. The number of unbranched alkanes of at least 4 members (excludes halogenated alkanes) is 1. The minimum Gasteiger partial charge on any atom is -0.481 e. The van der Waals surface area contributed by atoms with E-state index in [9.17, 15) is 9.18 Å². The molecule has 5 nitrogen and oxygen atoms in total. The fraction of sp³-hybridized carbons (Fsp3) is 0.333. The predicted octanol–water partition coefficient (Wildman–Crippen LogP) is 4.16. The number of nitrogens with zero attached hydrogens (tertiary/aromatic N) is 2. The van der Waals surface area contributed by atoms with E-state index in [1.165, 1.54) is 17.7 Å². The first kappa shape index (κ1) is 21.6. The maximum atomic E-state index is 13.7. The largest absolute Gasteiger partial charge is 0.481 e. The Bertz CT molecular complexity index is 915. The summed E-state index contributed by atoms with van der Waals surface area (Å²) in [6.07, 6.45) is 10.6. The van der Waals surface area contributed by atoms with Crippen LogP contribution in [0.15, 0.2) is 77.0 Å². The van der Waals surface area contributed by atoms with Crippen LogP contribution in [-0.2, 0) is 4.79 Å². The van der Waals surface area contributed by atoms with Gasteiger partial charge in [0.15, 0.2) is 18.2 Å². The number of carbonyl (C=O) groups excluding carboxylic acids is 1. The van der Waals surface area contributed by atoms with Crippen molar-refractivity contribution in [2.75, 3.05) is 26.2 Å². The Balaban J connectivity index is 1.71. The minimum absolute atomic E-state index is 0.0902. The lowest BCUT2D eigenvalue weighted by atomic mass is 9.90. The van der Waals surface area contributed by atoms with Crippen molar-refractivity contribution in [3.05, 3.63) is 77.7 Å². The van der Waals surface area contributed by atoms with Crippen molar-refractivity contribution in [3.63, 3.8) is 0 Å². The molecular formula is C24H28FN3O2. The van der Waals surface area contributed by atoms with E-state index < -0.39 is 5.82 Å². The number of hydrazone groups is 1. The van der Waals surface area contributed by atoms with Crippen LogP contribution >= 0.6 is 0 Å². The quantitative estimate of drug-likeness (QED) is 0.398. The molecule has 0 atom stereocenters. The molecule has 158 valence electrons. The van der Waals surface area contributed by atoms with Crippen LogP contribution in [0, 0.1) is 5.82 Å². The number of hydrogen-bond donors (Lipinski definition) is 1. The summed E-state index contributed by atoms with van der Waals surface area (Å²) >= 11 is 0. The molecule has 30 heavy (non-hydrogen) atoms. The van der Waals surface area contributed by atoms with E-state index in [4.69, 9.17) is 4.74 Å². The number of para-hydroxylation sites is 1. The number of carbonyl (C=O) groups is 1. The van der Waals surface area contributed by atoms with Crippen molar-refractivity contribution < 1.29 is 13.9 Å². The average Bonchev–Trinajstić information content (AvgIpc) is 2.77. The second kappa shape index (κ2) is 10.6. The number of hydrogen-bond acceptors (Lipinski definition) is 4. The van der Waals surface area contributed by atoms with Gasteiger partial charge < -0.3 is 15.1 Å². The SMILES string of the molecule is C=CCCC=C(/C=C\C)C1=NNCC2=C1CN(C(=O)COc1ccccc1F)CC2. The maximum Gasteiger partial charge on any atom is 0.260 e. The number of amides is 1. The summed E-state index contributed by atoms with van der Waals surface area (Å²) in [4.78, 5) is 14.5. The third-order valence-corrected chi connectivity index (χ3v) is 5.12. The Morgan fingerprint density at radius 2 is 2.20 bits per heavy atom. The van der Waals surface area contributed by atoms with E-state index in [1.54, 1.807) is 17.0 Å². The molecule has 0 radical (unpaired) electrons. The first-order valence-corrected chi connectivity index (χ1v) is 10.2. The third kappa shape index (κ3) is 5.26. The van der Waals surface area contributed by atoms with Crippen molar-refractivity contribution in [2.24, 2.45) is 5.10 Å². The summed E-state index contributed by atoms with van der Waals surface area (Å²) in [7, 11) is 0. The zero-order valence-electron chi connectivity index (χ0n) is 17.4. The van der Waals surface area contributed by atoms with Gasteiger partial charge >= 0.3 is 0 Å². The fourth-order valence-electron chi connectivity index (χ4n) is 3.55. The van der Waals surface area contributed by atoms with Crippen molar-refractivity contribution in [1.29, 1.82) is 0 Å². The number of benzene rings is 1. The van der Waals surface area contributed by atoms with Crippen molar-refractivity contribution >= 4 is 11.6 Å². The topological polar surface area (TPSA) is 53.9 Å². The van der Waals surface area contributed by atoms with Gasteiger partial charge in [-0.15, -0.1) is 6.58 Å². The smallest absolute Gasteiger partial charge is 0.260 e. The molecule has 2 heterocycles. The molecule has 3 rings (SSSR count). The highest BCUT2D eigenvalue weighted by Gasteiger charge is 2.28. The van der Waals surface area contributed by atoms with Crippen LogP contribution in [0.1, 0.15) is 26.2 Å². The molecule has 1 aromatic carbocycles. The summed E-state index contributed by atoms with van der Waals surface area (Å²) in [5.74, 6) is -0.541. The van der Waals surface area contributed by atoms with E-state index in [2.05, 4.69) is 23.2 Å². The second-order valence-corrected chi connectivity index (χ2v) is 7.19. The minimum atomic E-state index is -0.470. The Hall–Kier alpha value is -3.15. The molecule has 6 heteroatoms. The van der Waals surface area contributed by atoms with Gasteiger partial charge in [-0.3, -0.25) is 4.79 Å². The Morgan fingerprint density at radius 3 is 2.97 bits per heavy atom. The Kier molecular flexibility index (Phi) is 7.60. The van der Waals surface area contributed by atoms with Crippen molar-refractivity contribution in [1.82, 2.24) is 10.3 Å². The molecule has 0 spiro atoms. The first-order valence-electron chi connectivity index (χ1n) is 10.2. The van der Waals surface area contributed by atoms with Gasteiger partial charge in [-0.25, -0.2) is 4.39 Å². The lowest BCUT2D eigenvalue weighted by Gasteiger charge is -2.33. The summed E-state index contributed by atoms with van der Waals surface area (Å²) in [5, 5.41) is 4.56. The van der Waals surface area contributed by atoms with Gasteiger partial charge in [0.05, 0.1) is 12.3 Å². The summed E-state index contributed by atoms with van der Waals surface area (Å²) in [5.41, 5.74) is 7.41. The number of ether oxygens (including phenoxy) is 1. The molecule has 0 aliphatic carbocycles. The molecule has 1 aromatic rings. The van der Waals surface area contributed by atoms with Gasteiger partial charge in [0, 0.05) is 18.7 Å². The lowest BCUT2D eigenvalue weighted by molar-refractivity contribution is -0.133. The standard InChI is InChI=1S/C24H28FN3O2/c1-3-5-6-10-18(9-4-2)24-20-16-28(14-13-19(20)15-26-27-24)23(29)17-30-22-12-8-7-11-21(22)25/h3-4,7-12,26H,1,5-6,13-17H2,2H3/b9-4-,18-10?. The van der Waals surface area contributed by atoms with Crippen LogP contribution in [0.25, 0.3) is 0 Å². The zero-order valence-corrected chi connectivity index (χ0v) is 17.4. The van der Waals surface area contributed by atoms with Crippen LogP contribution in [0.3, 0.4) is 0 Å². The molecule has 2 aliphatic rings. The molecule has 0 saturated heterocycles. The van der Waals surface area contributed by atoms with E-state index in [0.29, 0.717) is 19.6 Å². The second-order valence-electron chi connectivity index (χ2n) is 7.19. The zero-order chi connectivity index (χ0) is 21.3. The predicted molar refractivity (Wildman–Crippen MR) is 118 cm³/mol. The van der Waals surface area contributed by atoms with Gasteiger partial charge in [-0.05, 0) is 49.5 Å². The van der Waals surface area contributed by atoms with Gasteiger partial charge in [0.25, 0.3) is 5.91 Å². The van der Waals surface area contributed by atoms with Crippen LogP contribution in [0.5, 0.6) is 5.75 Å². The number of nitrogens with one attached hydrogen (secondary N) is 1. The highest BCUT2D eigenvalue weighted by atomic mass is 19.1. The van der Waals surface area contributed by atoms with E-state index in [-0.39, 0.29) is 18.3 Å². The van der Waals surface area contributed by atoms with Crippen molar-refractivity contribution in [2.45, 2.75) is 26.2 Å². The molecule has 2 aliphatic heterocycles. The first-order chi connectivity index (χ1) is 14.6. The van der Waals surface area contributed by atoms with E-state index in [1.807, 2.05) is 25.2 Å². The molecule has 0 fully saturated rings. The molecule has 0 bridgehead atoms. The molecule has 0 unspecified atom stereocenters. The van der Waals surface area contributed by atoms with E-state index in [0.717, 1.165) is 36.1 Å². The molecule has 0 saturated carbocycles. The van der Waals surface area contributed by atoms with Crippen LogP contribution in [0.4, 0.5) is 4.39 Å². The van der Waals surface area contributed by atoms with Crippen molar-refractivity contribution in [3.8, 4) is 5.75 Å². The van der Waals surface area contributed by atoms with Crippen LogP contribution in [-0.4, -0.2) is 42.8 Å². The summed E-state index contributed by atoms with van der Waals surface area (Å²) in [6.45, 7) is 7.36. The highest BCUT2D eigenvalue weighted by Crippen LogP contribution is 2.25. The van der Waals surface area contributed by atoms with Crippen LogP contribution < -0.4 is 10.2 Å². The number of halogens is 1. The molecule has 1 N–H and O–H groups in total. The summed E-state index contributed by atoms with van der Waals surface area (Å²) < 4.78 is 19.2. The number of allylic oxidation sites excluding steroid dienone is 5. The van der Waals surface area contributed by atoms with E-state index >= 15 is 0 Å². The fourth-order valence-corrected chi connectivity index (χ4v) is 3.55. The Morgan fingerprint density at radius 1 is 1.37 bits per heavy atom. The van der Waals surface area contributed by atoms with Gasteiger partial charge in [0.1, 0.15) is 0 Å². The lowest BCUT2D eigenvalue weighted by Crippen LogP contribution is -2.43. The third-order valence-electron chi connectivity index (χ3n) is 5.12. The summed E-state index contributed by atoms with van der Waals surface area (Å²) in [6, 6.07) is 6.11. The van der Waals surface area contributed by atoms with Gasteiger partial charge in [0.2, 0.25) is 0 Å². The molecule has 1 amide bonds. The Labute approximate surface area is 177 Å². The number of rotatable bonds is 8. The normalized spacial score (nSPS) is 16.8. The van der Waals surface area contributed by atoms with Crippen LogP contribution in [0.2, 0.25) is 0 Å². The highest BCUT2D eigenvalue weighted by molar-refractivity contribution is 6.15. The monoisotopic (exact) mass is 409 g/mol. The van der Waals surface area contributed by atoms with Gasteiger partial charge in [-0.2, -0.15) is 5.10 Å². The average molecular weight is 410 g/mol. The molecular weight excluding hydrogens is 381 g/mol.